The fraction of sp³-hybridized carbons (Fsp3) is 0.394. The van der Waals surface area contributed by atoms with Crippen LogP contribution < -0.4 is 26.4 Å². The number of aromatic nitrogens is 1. The van der Waals surface area contributed by atoms with Crippen molar-refractivity contribution < 1.29 is 19.1 Å². The first kappa shape index (κ1) is 29.3. The third kappa shape index (κ3) is 6.79. The van der Waals surface area contributed by atoms with Crippen LogP contribution in [0.2, 0.25) is 0 Å². The molecule has 1 heterocycles. The summed E-state index contributed by atoms with van der Waals surface area (Å²) >= 11 is 0. The molecule has 0 radical (unpaired) electrons. The molecule has 6 rings (SSSR count). The molecule has 0 aliphatic heterocycles. The molecule has 9 nitrogen and oxygen atoms in total. The molecule has 2 bridgehead atoms. The summed E-state index contributed by atoms with van der Waals surface area (Å²) in [6, 6.07) is 18.1. The van der Waals surface area contributed by atoms with Crippen LogP contribution in [-0.2, 0) is 22.4 Å². The number of carbonyl (C=O) groups excluding carboxylic acids is 3. The summed E-state index contributed by atoms with van der Waals surface area (Å²) < 4.78 is 5.54. The first-order valence-electron chi connectivity index (χ1n) is 14.6. The van der Waals surface area contributed by atoms with Crippen LogP contribution in [0.5, 0.6) is 5.75 Å². The van der Waals surface area contributed by atoms with Gasteiger partial charge in [-0.15, -0.1) is 0 Å². The third-order valence-corrected chi connectivity index (χ3v) is 8.45. The van der Waals surface area contributed by atoms with Gasteiger partial charge in [0.1, 0.15) is 17.8 Å². The SMILES string of the molecule is CCOc1ccc(C[C@@H](NC(=O)c2ccccc2)C(=O)N[C@@H](Cc2cccnc2)C(=O)NCC23CC(CN)(C2)C3)cc1. The minimum absolute atomic E-state index is 0.123. The second-order valence-corrected chi connectivity index (χ2v) is 11.8. The van der Waals surface area contributed by atoms with Gasteiger partial charge in [-0.3, -0.25) is 19.4 Å². The quantitative estimate of drug-likeness (QED) is 0.236. The van der Waals surface area contributed by atoms with Gasteiger partial charge in [-0.05, 0) is 85.0 Å². The van der Waals surface area contributed by atoms with Gasteiger partial charge in [0.2, 0.25) is 11.8 Å². The van der Waals surface area contributed by atoms with Gasteiger partial charge in [-0.25, -0.2) is 0 Å². The van der Waals surface area contributed by atoms with E-state index < -0.39 is 18.0 Å². The van der Waals surface area contributed by atoms with Crippen LogP contribution >= 0.6 is 0 Å². The summed E-state index contributed by atoms with van der Waals surface area (Å²) in [6.07, 6.45) is 6.96. The molecular weight excluding hydrogens is 530 g/mol. The summed E-state index contributed by atoms with van der Waals surface area (Å²) in [5.74, 6) is -0.338. The van der Waals surface area contributed by atoms with Gasteiger partial charge in [-0.1, -0.05) is 36.4 Å². The van der Waals surface area contributed by atoms with Crippen molar-refractivity contribution in [1.29, 1.82) is 0 Å². The van der Waals surface area contributed by atoms with Crippen molar-refractivity contribution in [1.82, 2.24) is 20.9 Å². The highest BCUT2D eigenvalue weighted by atomic mass is 16.5. The standard InChI is InChI=1S/C33H39N5O4/c1-2-42-26-12-10-23(11-13-26)15-28(37-29(39)25-8-4-3-5-9-25)31(41)38-27(16-24-7-6-14-35-17-24)30(40)36-22-33-18-32(19-33,20-33)21-34/h3-14,17,27-28H,2,15-16,18-22,34H2,1H3,(H,36,40)(H,37,39)(H,38,41)/t27-,28+,32?,33?/m0/s1. The summed E-state index contributed by atoms with van der Waals surface area (Å²) in [5.41, 5.74) is 8.41. The molecule has 0 unspecified atom stereocenters. The van der Waals surface area contributed by atoms with Crippen molar-refractivity contribution in [2.24, 2.45) is 16.6 Å². The molecule has 5 N–H and O–H groups in total. The zero-order chi connectivity index (χ0) is 29.6. The van der Waals surface area contributed by atoms with Gasteiger partial charge >= 0.3 is 0 Å². The molecule has 0 saturated heterocycles. The minimum atomic E-state index is -0.915. The Labute approximate surface area is 246 Å². The summed E-state index contributed by atoms with van der Waals surface area (Å²) in [7, 11) is 0. The van der Waals surface area contributed by atoms with Crippen LogP contribution in [0.15, 0.2) is 79.1 Å². The van der Waals surface area contributed by atoms with E-state index in [2.05, 4.69) is 20.9 Å². The van der Waals surface area contributed by atoms with E-state index in [1.807, 2.05) is 43.3 Å². The molecular formula is C33H39N5O4. The number of benzene rings is 2. The van der Waals surface area contributed by atoms with Gasteiger partial charge in [0.25, 0.3) is 5.91 Å². The van der Waals surface area contributed by atoms with Gasteiger partial charge in [-0.2, -0.15) is 0 Å². The predicted molar refractivity (Wildman–Crippen MR) is 160 cm³/mol. The molecule has 9 heteroatoms. The van der Waals surface area contributed by atoms with E-state index in [0.29, 0.717) is 25.3 Å². The Bertz CT molecular complexity index is 1360. The van der Waals surface area contributed by atoms with E-state index in [-0.39, 0.29) is 35.5 Å². The monoisotopic (exact) mass is 569 g/mol. The molecule has 3 aliphatic rings. The van der Waals surface area contributed by atoms with Crippen molar-refractivity contribution in [3.63, 3.8) is 0 Å². The zero-order valence-corrected chi connectivity index (χ0v) is 24.0. The van der Waals surface area contributed by atoms with Crippen LogP contribution in [0, 0.1) is 10.8 Å². The maximum Gasteiger partial charge on any atom is 0.251 e. The Balaban J connectivity index is 1.31. The predicted octanol–water partition coefficient (Wildman–Crippen LogP) is 2.79. The van der Waals surface area contributed by atoms with Crippen LogP contribution in [0.4, 0.5) is 0 Å². The van der Waals surface area contributed by atoms with Crippen LogP contribution in [0.25, 0.3) is 0 Å². The first-order chi connectivity index (χ1) is 20.3. The molecule has 1 aromatic heterocycles. The lowest BCUT2D eigenvalue weighted by molar-refractivity contribution is -0.193. The number of rotatable bonds is 14. The molecule has 3 aliphatic carbocycles. The van der Waals surface area contributed by atoms with E-state index in [1.165, 1.54) is 0 Å². The number of nitrogens with one attached hydrogen (secondary N) is 3. The third-order valence-electron chi connectivity index (χ3n) is 8.45. The van der Waals surface area contributed by atoms with Crippen LogP contribution in [0.1, 0.15) is 47.7 Å². The summed E-state index contributed by atoms with van der Waals surface area (Å²) in [5, 5.41) is 8.91. The van der Waals surface area contributed by atoms with Crippen molar-refractivity contribution in [2.45, 2.75) is 51.1 Å². The lowest BCUT2D eigenvalue weighted by atomic mass is 9.35. The largest absolute Gasteiger partial charge is 0.494 e. The Morgan fingerprint density at radius 3 is 2.19 bits per heavy atom. The minimum Gasteiger partial charge on any atom is -0.494 e. The first-order valence-corrected chi connectivity index (χ1v) is 14.6. The fourth-order valence-electron chi connectivity index (χ4n) is 6.43. The highest BCUT2D eigenvalue weighted by molar-refractivity contribution is 5.98. The van der Waals surface area contributed by atoms with Gasteiger partial charge in [0, 0.05) is 37.3 Å². The maximum absolute atomic E-state index is 13.8. The number of amides is 3. The second-order valence-electron chi connectivity index (χ2n) is 11.8. The molecule has 3 aromatic rings. The van der Waals surface area contributed by atoms with E-state index in [4.69, 9.17) is 10.5 Å². The number of nitrogens with two attached hydrogens (primary N) is 1. The second kappa shape index (κ2) is 12.7. The normalized spacial score (nSPS) is 21.6. The van der Waals surface area contributed by atoms with Crippen LogP contribution in [0.3, 0.4) is 0 Å². The highest BCUT2D eigenvalue weighted by Gasteiger charge is 2.66. The van der Waals surface area contributed by atoms with Crippen LogP contribution in [-0.4, -0.2) is 54.5 Å². The summed E-state index contributed by atoms with van der Waals surface area (Å²) in [4.78, 5) is 44.5. The summed E-state index contributed by atoms with van der Waals surface area (Å²) in [6.45, 7) is 3.71. The van der Waals surface area contributed by atoms with Gasteiger partial charge in [0.05, 0.1) is 6.61 Å². The molecule has 2 atom stereocenters. The number of hydrogen-bond donors (Lipinski definition) is 4. The molecule has 2 aromatic carbocycles. The Kier molecular flexibility index (Phi) is 8.87. The molecule has 42 heavy (non-hydrogen) atoms. The van der Waals surface area contributed by atoms with Gasteiger partial charge in [0.15, 0.2) is 0 Å². The fourth-order valence-corrected chi connectivity index (χ4v) is 6.43. The average molecular weight is 570 g/mol. The Hall–Kier alpha value is -4.24. The molecule has 220 valence electrons. The lowest BCUT2D eigenvalue weighted by Gasteiger charge is -2.71. The number of hydrogen-bond acceptors (Lipinski definition) is 6. The van der Waals surface area contributed by atoms with Crippen molar-refractivity contribution >= 4 is 17.7 Å². The molecule has 0 spiro atoms. The maximum atomic E-state index is 13.8. The molecule has 3 amide bonds. The Morgan fingerprint density at radius 1 is 0.857 bits per heavy atom. The van der Waals surface area contributed by atoms with Gasteiger partial charge < -0.3 is 26.4 Å². The molecule has 3 saturated carbocycles. The van der Waals surface area contributed by atoms with Crippen molar-refractivity contribution in [2.75, 3.05) is 19.7 Å². The van der Waals surface area contributed by atoms with E-state index in [1.54, 1.807) is 42.7 Å². The number of carbonyl (C=O) groups is 3. The van der Waals surface area contributed by atoms with Crippen molar-refractivity contribution in [3.8, 4) is 5.75 Å². The van der Waals surface area contributed by atoms with E-state index >= 15 is 0 Å². The molecule has 3 fully saturated rings. The Morgan fingerprint density at radius 2 is 1.55 bits per heavy atom. The average Bonchev–Trinajstić information content (AvgIpc) is 2.97. The smallest absolute Gasteiger partial charge is 0.251 e. The lowest BCUT2D eigenvalue weighted by Crippen LogP contribution is -2.68. The van der Waals surface area contributed by atoms with E-state index in [0.717, 1.165) is 36.1 Å². The van der Waals surface area contributed by atoms with E-state index in [9.17, 15) is 14.4 Å². The zero-order valence-electron chi connectivity index (χ0n) is 24.0. The number of pyridine rings is 1. The number of ether oxygens (including phenoxy) is 1. The van der Waals surface area contributed by atoms with Crippen molar-refractivity contribution in [3.05, 3.63) is 95.8 Å². The highest BCUT2D eigenvalue weighted by Crippen LogP contribution is 2.72. The topological polar surface area (TPSA) is 135 Å². The number of nitrogens with zero attached hydrogens (tertiary/aromatic N) is 1.